The van der Waals surface area contributed by atoms with E-state index >= 15 is 0 Å². The molecule has 0 unspecified atom stereocenters. The largest absolute Gasteiger partial charge is 0.324 e. The Balaban J connectivity index is 1.99. The van der Waals surface area contributed by atoms with Gasteiger partial charge >= 0.3 is 0 Å². The molecule has 0 aromatic heterocycles. The zero-order chi connectivity index (χ0) is 19.3. The Morgan fingerprint density at radius 1 is 1.15 bits per heavy atom. The van der Waals surface area contributed by atoms with Gasteiger partial charge in [-0.2, -0.15) is 0 Å². The number of halogens is 2. The first-order chi connectivity index (χ1) is 12.2. The number of hydrogen-bond acceptors (Lipinski definition) is 3. The molecule has 2 rings (SSSR count). The molecule has 2 aromatic carbocycles. The standard InChI is InChI=1S/C18H20F2N2O3S/c1-13-6-3-4-7-17(13)22(26(2,24)25)11-5-8-18(23)21-16-10-9-14(19)12-15(16)20/h3-4,6-7,9-10,12H,5,8,11H2,1-2H3,(H,21,23). The van der Waals surface area contributed by atoms with E-state index in [4.69, 9.17) is 0 Å². The Kier molecular flexibility index (Phi) is 6.31. The summed E-state index contributed by atoms with van der Waals surface area (Å²) in [4.78, 5) is 11.9. The fraction of sp³-hybridized carbons (Fsp3) is 0.278. The SMILES string of the molecule is Cc1ccccc1N(CCCC(=O)Nc1ccc(F)cc1F)S(C)(=O)=O. The van der Waals surface area contributed by atoms with Crippen molar-refractivity contribution in [3.63, 3.8) is 0 Å². The van der Waals surface area contributed by atoms with E-state index in [1.807, 2.05) is 6.07 Å². The van der Waals surface area contributed by atoms with Gasteiger partial charge in [-0.05, 0) is 37.1 Å². The van der Waals surface area contributed by atoms with Gasteiger partial charge in [0.05, 0.1) is 17.6 Å². The van der Waals surface area contributed by atoms with Gasteiger partial charge < -0.3 is 5.32 Å². The molecule has 0 aliphatic carbocycles. The van der Waals surface area contributed by atoms with E-state index in [0.29, 0.717) is 11.8 Å². The lowest BCUT2D eigenvalue weighted by Crippen LogP contribution is -2.32. The molecule has 8 heteroatoms. The molecule has 0 heterocycles. The Morgan fingerprint density at radius 3 is 2.46 bits per heavy atom. The molecule has 140 valence electrons. The first-order valence-corrected chi connectivity index (χ1v) is 9.81. The number of amides is 1. The van der Waals surface area contributed by atoms with Crippen LogP contribution in [-0.4, -0.2) is 27.1 Å². The number of nitrogens with zero attached hydrogens (tertiary/aromatic N) is 1. The van der Waals surface area contributed by atoms with Gasteiger partial charge in [0, 0.05) is 19.0 Å². The van der Waals surface area contributed by atoms with E-state index in [2.05, 4.69) is 5.32 Å². The molecule has 0 aliphatic rings. The highest BCUT2D eigenvalue weighted by Gasteiger charge is 2.19. The maximum atomic E-state index is 13.5. The van der Waals surface area contributed by atoms with Gasteiger partial charge in [-0.1, -0.05) is 18.2 Å². The van der Waals surface area contributed by atoms with Crippen LogP contribution in [0.5, 0.6) is 0 Å². The molecule has 26 heavy (non-hydrogen) atoms. The second-order valence-electron chi connectivity index (χ2n) is 5.90. The third-order valence-electron chi connectivity index (χ3n) is 3.75. The van der Waals surface area contributed by atoms with Crippen LogP contribution in [0.3, 0.4) is 0 Å². The summed E-state index contributed by atoms with van der Waals surface area (Å²) in [6.07, 6.45) is 1.35. The van der Waals surface area contributed by atoms with Gasteiger partial charge in [0.25, 0.3) is 0 Å². The summed E-state index contributed by atoms with van der Waals surface area (Å²) < 4.78 is 51.8. The van der Waals surface area contributed by atoms with Crippen molar-refractivity contribution in [3.05, 3.63) is 59.7 Å². The average molecular weight is 382 g/mol. The van der Waals surface area contributed by atoms with Crippen LogP contribution < -0.4 is 9.62 Å². The highest BCUT2D eigenvalue weighted by molar-refractivity contribution is 7.92. The normalized spacial score (nSPS) is 11.2. The molecule has 0 aliphatic heterocycles. The van der Waals surface area contributed by atoms with Gasteiger partial charge in [-0.25, -0.2) is 17.2 Å². The van der Waals surface area contributed by atoms with E-state index < -0.39 is 27.6 Å². The van der Waals surface area contributed by atoms with Crippen molar-refractivity contribution < 1.29 is 22.0 Å². The highest BCUT2D eigenvalue weighted by Crippen LogP contribution is 2.22. The molecule has 0 saturated heterocycles. The summed E-state index contributed by atoms with van der Waals surface area (Å²) in [6, 6.07) is 9.91. The van der Waals surface area contributed by atoms with Crippen molar-refractivity contribution in [3.8, 4) is 0 Å². The fourth-order valence-corrected chi connectivity index (χ4v) is 3.52. The summed E-state index contributed by atoms with van der Waals surface area (Å²) in [5.41, 5.74) is 1.24. The number of carbonyl (C=O) groups excluding carboxylic acids is 1. The van der Waals surface area contributed by atoms with Crippen LogP contribution in [0.1, 0.15) is 18.4 Å². The molecular formula is C18H20F2N2O3S. The minimum Gasteiger partial charge on any atom is -0.324 e. The van der Waals surface area contributed by atoms with Crippen LogP contribution in [0.4, 0.5) is 20.2 Å². The van der Waals surface area contributed by atoms with Crippen molar-refractivity contribution >= 4 is 27.3 Å². The Morgan fingerprint density at radius 2 is 1.85 bits per heavy atom. The van der Waals surface area contributed by atoms with E-state index in [-0.39, 0.29) is 25.1 Å². The number of carbonyl (C=O) groups is 1. The number of para-hydroxylation sites is 1. The number of benzene rings is 2. The van der Waals surface area contributed by atoms with Crippen molar-refractivity contribution in [2.45, 2.75) is 19.8 Å². The van der Waals surface area contributed by atoms with Crippen molar-refractivity contribution in [1.82, 2.24) is 0 Å². The van der Waals surface area contributed by atoms with Crippen molar-refractivity contribution in [1.29, 1.82) is 0 Å². The third kappa shape index (κ3) is 5.26. The van der Waals surface area contributed by atoms with E-state index in [9.17, 15) is 22.0 Å². The van der Waals surface area contributed by atoms with Gasteiger partial charge in [0.1, 0.15) is 11.6 Å². The summed E-state index contributed by atoms with van der Waals surface area (Å²) in [5.74, 6) is -2.08. The van der Waals surface area contributed by atoms with Crippen molar-refractivity contribution in [2.24, 2.45) is 0 Å². The lowest BCUT2D eigenvalue weighted by Gasteiger charge is -2.24. The first-order valence-electron chi connectivity index (χ1n) is 7.97. The van der Waals surface area contributed by atoms with Crippen LogP contribution in [0, 0.1) is 18.6 Å². The summed E-state index contributed by atoms with van der Waals surface area (Å²) in [7, 11) is -3.51. The molecule has 0 saturated carbocycles. The fourth-order valence-electron chi connectivity index (χ4n) is 2.49. The van der Waals surface area contributed by atoms with Gasteiger partial charge in [0.15, 0.2) is 0 Å². The van der Waals surface area contributed by atoms with E-state index in [1.54, 1.807) is 25.1 Å². The van der Waals surface area contributed by atoms with Gasteiger partial charge in [-0.3, -0.25) is 9.10 Å². The first kappa shape index (κ1) is 19.8. The van der Waals surface area contributed by atoms with Gasteiger partial charge in [-0.15, -0.1) is 0 Å². The Labute approximate surface area is 151 Å². The average Bonchev–Trinajstić information content (AvgIpc) is 2.54. The minimum absolute atomic E-state index is 0.00524. The molecular weight excluding hydrogens is 362 g/mol. The van der Waals surface area contributed by atoms with Gasteiger partial charge in [0.2, 0.25) is 15.9 Å². The number of nitrogens with one attached hydrogen (secondary N) is 1. The molecule has 1 N–H and O–H groups in total. The summed E-state index contributed by atoms with van der Waals surface area (Å²) >= 11 is 0. The topological polar surface area (TPSA) is 66.5 Å². The predicted octanol–water partition coefficient (Wildman–Crippen LogP) is 3.46. The summed E-state index contributed by atoms with van der Waals surface area (Å²) in [6.45, 7) is 1.92. The Hall–Kier alpha value is -2.48. The Bertz CT molecular complexity index is 901. The zero-order valence-electron chi connectivity index (χ0n) is 14.5. The molecule has 5 nitrogen and oxygen atoms in total. The second kappa shape index (κ2) is 8.27. The number of anilines is 2. The smallest absolute Gasteiger partial charge is 0.232 e. The molecule has 0 fully saturated rings. The maximum absolute atomic E-state index is 13.5. The minimum atomic E-state index is -3.51. The zero-order valence-corrected chi connectivity index (χ0v) is 15.3. The lowest BCUT2D eigenvalue weighted by molar-refractivity contribution is -0.116. The number of rotatable bonds is 7. The monoisotopic (exact) mass is 382 g/mol. The number of aryl methyl sites for hydroxylation is 1. The maximum Gasteiger partial charge on any atom is 0.232 e. The van der Waals surface area contributed by atoms with Crippen LogP contribution in [0.25, 0.3) is 0 Å². The number of sulfonamides is 1. The van der Waals surface area contributed by atoms with Crippen LogP contribution in [0.2, 0.25) is 0 Å². The second-order valence-corrected chi connectivity index (χ2v) is 7.80. The quantitative estimate of drug-likeness (QED) is 0.798. The van der Waals surface area contributed by atoms with E-state index in [0.717, 1.165) is 24.0 Å². The van der Waals surface area contributed by atoms with Crippen LogP contribution in [0.15, 0.2) is 42.5 Å². The van der Waals surface area contributed by atoms with E-state index in [1.165, 1.54) is 4.31 Å². The molecule has 2 aromatic rings. The molecule has 0 atom stereocenters. The lowest BCUT2D eigenvalue weighted by atomic mass is 10.2. The highest BCUT2D eigenvalue weighted by atomic mass is 32.2. The molecule has 0 radical (unpaired) electrons. The van der Waals surface area contributed by atoms with Crippen LogP contribution in [-0.2, 0) is 14.8 Å². The predicted molar refractivity (Wildman–Crippen MR) is 97.6 cm³/mol. The molecule has 0 bridgehead atoms. The number of hydrogen-bond donors (Lipinski definition) is 1. The third-order valence-corrected chi connectivity index (χ3v) is 4.93. The summed E-state index contributed by atoms with van der Waals surface area (Å²) in [5, 5.41) is 2.35. The molecule has 1 amide bonds. The van der Waals surface area contributed by atoms with Crippen LogP contribution >= 0.6 is 0 Å². The van der Waals surface area contributed by atoms with Crippen molar-refractivity contribution in [2.75, 3.05) is 22.4 Å². The molecule has 0 spiro atoms.